The van der Waals surface area contributed by atoms with Gasteiger partial charge in [-0.2, -0.15) is 0 Å². The van der Waals surface area contributed by atoms with Crippen LogP contribution in [0.4, 0.5) is 10.1 Å². The molecule has 13 heteroatoms. The first kappa shape index (κ1) is 35.4. The van der Waals surface area contributed by atoms with Gasteiger partial charge in [0.05, 0.1) is 5.69 Å². The summed E-state index contributed by atoms with van der Waals surface area (Å²) in [5.41, 5.74) is 0.908. The van der Waals surface area contributed by atoms with Gasteiger partial charge < -0.3 is 25.8 Å². The Morgan fingerprint density at radius 3 is 2.40 bits per heavy atom. The van der Waals surface area contributed by atoms with E-state index in [2.05, 4.69) is 45.0 Å². The summed E-state index contributed by atoms with van der Waals surface area (Å²) >= 11 is 0. The Morgan fingerprint density at radius 1 is 1.02 bits per heavy atom. The van der Waals surface area contributed by atoms with Crippen molar-refractivity contribution in [2.45, 2.75) is 103 Å². The lowest BCUT2D eigenvalue weighted by Crippen LogP contribution is -2.58. The lowest BCUT2D eigenvalue weighted by molar-refractivity contribution is -0.139. The highest BCUT2D eigenvalue weighted by molar-refractivity contribution is 6.01. The maximum Gasteiger partial charge on any atom is 0.276 e. The van der Waals surface area contributed by atoms with Gasteiger partial charge in [0, 0.05) is 38.0 Å². The van der Waals surface area contributed by atoms with Gasteiger partial charge in [-0.3, -0.25) is 19.2 Å². The van der Waals surface area contributed by atoms with Crippen LogP contribution in [0.15, 0.2) is 22.8 Å². The molecular formula is C35H50FN7O5. The molecule has 262 valence electrons. The molecule has 0 radical (unpaired) electrons. The van der Waals surface area contributed by atoms with Gasteiger partial charge >= 0.3 is 0 Å². The smallest absolute Gasteiger partial charge is 0.276 e. The fourth-order valence-electron chi connectivity index (χ4n) is 6.82. The van der Waals surface area contributed by atoms with Crippen molar-refractivity contribution < 1.29 is 28.2 Å². The summed E-state index contributed by atoms with van der Waals surface area (Å²) in [6, 6.07) is 2.85. The first-order valence-electron chi connectivity index (χ1n) is 17.5. The summed E-state index contributed by atoms with van der Waals surface area (Å²) in [6.45, 7) is 9.67. The minimum absolute atomic E-state index is 0.0309. The van der Waals surface area contributed by atoms with E-state index in [0.29, 0.717) is 49.0 Å². The molecule has 1 saturated heterocycles. The molecule has 1 aromatic heterocycles. The molecule has 3 aliphatic rings. The average Bonchev–Trinajstić information content (AvgIpc) is 3.75. The van der Waals surface area contributed by atoms with Gasteiger partial charge in [-0.15, -0.1) is 0 Å². The van der Waals surface area contributed by atoms with Gasteiger partial charge in [0.25, 0.3) is 5.91 Å². The SMILES string of the molecule is CCc1nonc1C(=O)N[C@H](C(=O)Nc1ccc([C@H](C)[C@@H](NC(=O)CC2CC2)C(=O)N2CCN(C)[C@H](C)C2)cc1F)[C@H]1CC[C@H](C)CC1. The fraction of sp³-hybridized carbons (Fsp3) is 0.657. The Kier molecular flexibility index (Phi) is 11.5. The molecule has 48 heavy (non-hydrogen) atoms. The fourth-order valence-corrected chi connectivity index (χ4v) is 6.82. The van der Waals surface area contributed by atoms with Gasteiger partial charge in [-0.25, -0.2) is 9.02 Å². The molecular weight excluding hydrogens is 617 g/mol. The third kappa shape index (κ3) is 8.58. The highest BCUT2D eigenvalue weighted by Crippen LogP contribution is 2.33. The molecule has 4 atom stereocenters. The Morgan fingerprint density at radius 2 is 1.75 bits per heavy atom. The zero-order valence-electron chi connectivity index (χ0n) is 28.8. The van der Waals surface area contributed by atoms with E-state index in [4.69, 9.17) is 4.63 Å². The molecule has 2 aliphatic carbocycles. The van der Waals surface area contributed by atoms with Crippen LogP contribution < -0.4 is 16.0 Å². The zero-order valence-corrected chi connectivity index (χ0v) is 28.8. The van der Waals surface area contributed by atoms with Crippen LogP contribution in [0.5, 0.6) is 0 Å². The molecule has 1 aromatic carbocycles. The second kappa shape index (κ2) is 15.6. The molecule has 2 saturated carbocycles. The van der Waals surface area contributed by atoms with Crippen molar-refractivity contribution in [1.82, 2.24) is 30.7 Å². The lowest BCUT2D eigenvalue weighted by Gasteiger charge is -2.40. The molecule has 3 fully saturated rings. The number of nitrogens with zero attached hydrogens (tertiary/aromatic N) is 4. The minimum atomic E-state index is -0.918. The van der Waals surface area contributed by atoms with E-state index in [1.165, 1.54) is 12.1 Å². The van der Waals surface area contributed by atoms with Crippen molar-refractivity contribution in [2.24, 2.45) is 17.8 Å². The number of rotatable bonds is 12. The van der Waals surface area contributed by atoms with Gasteiger partial charge in [-0.05, 0) is 86.7 Å². The lowest BCUT2D eigenvalue weighted by atomic mass is 9.79. The molecule has 1 aliphatic heterocycles. The minimum Gasteiger partial charge on any atom is -0.344 e. The Labute approximate surface area is 281 Å². The number of anilines is 1. The number of benzene rings is 1. The zero-order chi connectivity index (χ0) is 34.5. The van der Waals surface area contributed by atoms with Crippen LogP contribution in [0.25, 0.3) is 0 Å². The maximum absolute atomic E-state index is 15.7. The molecule has 3 N–H and O–H groups in total. The second-order valence-electron chi connectivity index (χ2n) is 14.2. The van der Waals surface area contributed by atoms with Crippen LogP contribution >= 0.6 is 0 Å². The van der Waals surface area contributed by atoms with E-state index in [9.17, 15) is 19.2 Å². The van der Waals surface area contributed by atoms with Gasteiger partial charge in [0.1, 0.15) is 23.6 Å². The third-order valence-electron chi connectivity index (χ3n) is 10.5. The summed E-state index contributed by atoms with van der Waals surface area (Å²) < 4.78 is 20.5. The summed E-state index contributed by atoms with van der Waals surface area (Å²) in [5.74, 6) is -1.92. The number of carbonyl (C=O) groups excluding carboxylic acids is 4. The topological polar surface area (TPSA) is 150 Å². The summed E-state index contributed by atoms with van der Waals surface area (Å²) in [7, 11) is 2.02. The number of piperazine rings is 1. The Balaban J connectivity index is 1.32. The van der Waals surface area contributed by atoms with E-state index in [1.807, 2.05) is 20.9 Å². The highest BCUT2D eigenvalue weighted by Gasteiger charge is 2.37. The van der Waals surface area contributed by atoms with Crippen molar-refractivity contribution >= 4 is 29.3 Å². The highest BCUT2D eigenvalue weighted by atomic mass is 19.1. The van der Waals surface area contributed by atoms with Crippen LogP contribution in [0.2, 0.25) is 0 Å². The Bertz CT molecular complexity index is 1470. The maximum atomic E-state index is 15.7. The van der Waals surface area contributed by atoms with Crippen LogP contribution in [0.3, 0.4) is 0 Å². The number of halogens is 1. The van der Waals surface area contributed by atoms with Gasteiger partial charge in [0.2, 0.25) is 17.7 Å². The van der Waals surface area contributed by atoms with Crippen LogP contribution in [0, 0.1) is 23.6 Å². The first-order valence-corrected chi connectivity index (χ1v) is 17.5. The molecule has 2 aromatic rings. The number of likely N-dealkylation sites (N-methyl/N-ethyl adjacent to an activating group) is 1. The number of hydrogen-bond acceptors (Lipinski definition) is 8. The van der Waals surface area contributed by atoms with Gasteiger partial charge in [-0.1, -0.05) is 44.8 Å². The van der Waals surface area contributed by atoms with Crippen LogP contribution in [0.1, 0.15) is 100 Å². The van der Waals surface area contributed by atoms with Crippen molar-refractivity contribution in [2.75, 3.05) is 32.0 Å². The average molecular weight is 668 g/mol. The molecule has 5 rings (SSSR count). The number of aryl methyl sites for hydroxylation is 1. The monoisotopic (exact) mass is 667 g/mol. The molecule has 0 unspecified atom stereocenters. The summed E-state index contributed by atoms with van der Waals surface area (Å²) in [6.07, 6.45) is 6.15. The molecule has 4 amide bonds. The van der Waals surface area contributed by atoms with Crippen molar-refractivity contribution in [1.29, 1.82) is 0 Å². The summed E-state index contributed by atoms with van der Waals surface area (Å²) in [4.78, 5) is 57.6. The largest absolute Gasteiger partial charge is 0.344 e. The molecule has 0 spiro atoms. The van der Waals surface area contributed by atoms with E-state index >= 15 is 4.39 Å². The number of aromatic nitrogens is 2. The normalized spacial score (nSPS) is 23.5. The van der Waals surface area contributed by atoms with E-state index in [-0.39, 0.29) is 35.2 Å². The van der Waals surface area contributed by atoms with Crippen LogP contribution in [-0.4, -0.2) is 88.5 Å². The molecule has 0 bridgehead atoms. The predicted octanol–water partition coefficient (Wildman–Crippen LogP) is 3.89. The number of amides is 4. The van der Waals surface area contributed by atoms with Crippen molar-refractivity contribution in [3.05, 3.63) is 41.0 Å². The van der Waals surface area contributed by atoms with E-state index in [0.717, 1.165) is 45.1 Å². The number of carbonyl (C=O) groups is 4. The number of hydrogen-bond donors (Lipinski definition) is 3. The predicted molar refractivity (Wildman–Crippen MR) is 177 cm³/mol. The first-order chi connectivity index (χ1) is 22.9. The van der Waals surface area contributed by atoms with Crippen LogP contribution in [-0.2, 0) is 20.8 Å². The third-order valence-corrected chi connectivity index (χ3v) is 10.5. The van der Waals surface area contributed by atoms with E-state index in [1.54, 1.807) is 11.0 Å². The quantitative estimate of drug-likeness (QED) is 0.309. The van der Waals surface area contributed by atoms with E-state index < -0.39 is 35.6 Å². The Hall–Kier alpha value is -3.87. The standard InChI is InChI=1S/C35H50FN7O5/c1-6-27-32(41-48-40-27)34(46)39-31(24-11-7-20(2)8-12-24)33(45)37-28-14-13-25(18-26(28)36)22(4)30(38-29(44)17-23-9-10-23)35(47)43-16-15-42(5)21(3)19-43/h13-14,18,20-24,30-31H,6-12,15-17,19H2,1-5H3,(H,37,45)(H,38,44)(H,39,46)/t20-,21-,22+,24-,30-,31+/m1/s1. The molecule has 12 nitrogen and oxygen atoms in total. The summed E-state index contributed by atoms with van der Waals surface area (Å²) in [5, 5.41) is 16.0. The second-order valence-corrected chi connectivity index (χ2v) is 14.2. The number of nitrogens with one attached hydrogen (secondary N) is 3. The van der Waals surface area contributed by atoms with Crippen molar-refractivity contribution in [3.8, 4) is 0 Å². The molecule has 2 heterocycles. The van der Waals surface area contributed by atoms with Crippen molar-refractivity contribution in [3.63, 3.8) is 0 Å². The van der Waals surface area contributed by atoms with Gasteiger partial charge in [0.15, 0.2) is 5.69 Å².